The lowest BCUT2D eigenvalue weighted by Crippen LogP contribution is -2.41. The number of hydrogen-bond acceptors (Lipinski definition) is 6. The molecule has 2 aromatic rings. The van der Waals surface area contributed by atoms with E-state index < -0.39 is 4.92 Å². The minimum atomic E-state index is -0.453. The van der Waals surface area contributed by atoms with Gasteiger partial charge in [0.15, 0.2) is 0 Å². The zero-order valence-electron chi connectivity index (χ0n) is 15.4. The van der Waals surface area contributed by atoms with Crippen LogP contribution in [0.2, 0.25) is 0 Å². The van der Waals surface area contributed by atoms with Crippen molar-refractivity contribution >= 4 is 24.0 Å². The van der Waals surface area contributed by atoms with E-state index in [1.54, 1.807) is 27.9 Å². The Bertz CT molecular complexity index is 788. The number of likely N-dealkylation sites (tertiary alicyclic amines) is 1. The summed E-state index contributed by atoms with van der Waals surface area (Å²) in [5.74, 6) is -0.0661. The molecule has 0 unspecified atom stereocenters. The first-order valence-corrected chi connectivity index (χ1v) is 8.99. The molecule has 1 aliphatic heterocycles. The maximum absolute atomic E-state index is 12.7. The number of piperidine rings is 1. The Morgan fingerprint density at radius 3 is 2.57 bits per heavy atom. The van der Waals surface area contributed by atoms with Gasteiger partial charge in [-0.1, -0.05) is 0 Å². The van der Waals surface area contributed by atoms with Crippen LogP contribution >= 0.6 is 12.4 Å². The van der Waals surface area contributed by atoms with Gasteiger partial charge in [0.05, 0.1) is 28.5 Å². The largest absolute Gasteiger partial charge is 0.378 e. The van der Waals surface area contributed by atoms with Gasteiger partial charge in [-0.2, -0.15) is 5.10 Å². The van der Waals surface area contributed by atoms with Crippen LogP contribution in [0.15, 0.2) is 36.7 Å². The molecule has 1 amide bonds. The van der Waals surface area contributed by atoms with Gasteiger partial charge in [0.1, 0.15) is 0 Å². The van der Waals surface area contributed by atoms with Crippen molar-refractivity contribution in [3.8, 4) is 5.69 Å². The molecular formula is C18H24ClN5O4. The molecule has 1 aromatic carbocycles. The molecule has 3 rings (SSSR count). The molecule has 0 spiro atoms. The zero-order valence-corrected chi connectivity index (χ0v) is 16.2. The summed E-state index contributed by atoms with van der Waals surface area (Å²) in [7, 11) is 0. The molecule has 0 atom stereocenters. The molecule has 28 heavy (non-hydrogen) atoms. The number of halogens is 1. The lowest BCUT2D eigenvalue weighted by Gasteiger charge is -2.31. The van der Waals surface area contributed by atoms with Crippen molar-refractivity contribution in [1.29, 1.82) is 0 Å². The van der Waals surface area contributed by atoms with Crippen LogP contribution in [-0.2, 0) is 4.74 Å². The Labute approximate surface area is 169 Å². The number of rotatable bonds is 7. The molecule has 1 saturated heterocycles. The second-order valence-electron chi connectivity index (χ2n) is 6.45. The maximum Gasteiger partial charge on any atom is 0.269 e. The Balaban J connectivity index is 0.00000280. The van der Waals surface area contributed by atoms with Crippen molar-refractivity contribution in [2.75, 3.05) is 26.2 Å². The number of aromatic nitrogens is 2. The number of nitrogens with two attached hydrogens (primary N) is 1. The van der Waals surface area contributed by atoms with Crippen LogP contribution in [0.4, 0.5) is 5.69 Å². The number of carbonyl (C=O) groups is 1. The highest BCUT2D eigenvalue weighted by Crippen LogP contribution is 2.18. The Morgan fingerprint density at radius 2 is 1.96 bits per heavy atom. The highest BCUT2D eigenvalue weighted by atomic mass is 35.5. The predicted molar refractivity (Wildman–Crippen MR) is 106 cm³/mol. The van der Waals surface area contributed by atoms with E-state index in [1.807, 2.05) is 0 Å². The van der Waals surface area contributed by atoms with Crippen molar-refractivity contribution in [2.24, 2.45) is 5.73 Å². The molecule has 10 heteroatoms. The van der Waals surface area contributed by atoms with Gasteiger partial charge in [0, 0.05) is 38.0 Å². The van der Waals surface area contributed by atoms with Crippen LogP contribution in [-0.4, -0.2) is 57.9 Å². The van der Waals surface area contributed by atoms with E-state index in [9.17, 15) is 14.9 Å². The highest BCUT2D eigenvalue weighted by molar-refractivity contribution is 5.93. The van der Waals surface area contributed by atoms with Gasteiger partial charge in [0.2, 0.25) is 0 Å². The summed E-state index contributed by atoms with van der Waals surface area (Å²) in [5, 5.41) is 14.9. The van der Waals surface area contributed by atoms with E-state index in [-0.39, 0.29) is 30.1 Å². The number of non-ortho nitro benzene ring substituents is 1. The number of amides is 1. The Kier molecular flexibility index (Phi) is 7.91. The molecule has 0 bridgehead atoms. The smallest absolute Gasteiger partial charge is 0.269 e. The van der Waals surface area contributed by atoms with Gasteiger partial charge in [-0.3, -0.25) is 14.9 Å². The summed E-state index contributed by atoms with van der Waals surface area (Å²) in [5.41, 5.74) is 6.63. The predicted octanol–water partition coefficient (Wildman–Crippen LogP) is 2.17. The third-order valence-electron chi connectivity index (χ3n) is 4.59. The van der Waals surface area contributed by atoms with Gasteiger partial charge in [0.25, 0.3) is 11.6 Å². The molecule has 152 valence electrons. The molecule has 0 saturated carbocycles. The molecule has 2 N–H and O–H groups in total. The van der Waals surface area contributed by atoms with Gasteiger partial charge >= 0.3 is 0 Å². The Hall–Kier alpha value is -2.49. The third-order valence-corrected chi connectivity index (χ3v) is 4.59. The molecule has 0 aliphatic carbocycles. The standard InChI is InChI=1S/C18H23N5O4.ClH/c19-8-1-11-27-17-6-9-21(10-7-17)18(24)14-12-20-22(13-14)15-2-4-16(5-3-15)23(25)26;/h2-5,12-13,17H,1,6-11,19H2;1H. The Morgan fingerprint density at radius 1 is 1.29 bits per heavy atom. The molecule has 9 nitrogen and oxygen atoms in total. The average molecular weight is 410 g/mol. The fourth-order valence-corrected chi connectivity index (χ4v) is 3.04. The molecule has 0 radical (unpaired) electrons. The lowest BCUT2D eigenvalue weighted by atomic mass is 10.1. The first-order valence-electron chi connectivity index (χ1n) is 8.99. The summed E-state index contributed by atoms with van der Waals surface area (Å²) in [6.45, 7) is 2.58. The summed E-state index contributed by atoms with van der Waals surface area (Å²) >= 11 is 0. The fourth-order valence-electron chi connectivity index (χ4n) is 3.04. The molecular weight excluding hydrogens is 386 g/mol. The van der Waals surface area contributed by atoms with Crippen LogP contribution in [0, 0.1) is 10.1 Å². The average Bonchev–Trinajstić information content (AvgIpc) is 3.18. The third kappa shape index (κ3) is 5.28. The van der Waals surface area contributed by atoms with Crippen molar-refractivity contribution < 1.29 is 14.5 Å². The van der Waals surface area contributed by atoms with Gasteiger partial charge in [-0.25, -0.2) is 4.68 Å². The van der Waals surface area contributed by atoms with Crippen LogP contribution in [0.25, 0.3) is 5.69 Å². The molecule has 1 aliphatic rings. The second-order valence-corrected chi connectivity index (χ2v) is 6.45. The monoisotopic (exact) mass is 409 g/mol. The normalized spacial score (nSPS) is 14.5. The number of ether oxygens (including phenoxy) is 1. The quantitative estimate of drug-likeness (QED) is 0.425. The summed E-state index contributed by atoms with van der Waals surface area (Å²) in [6.07, 6.45) is 5.82. The van der Waals surface area contributed by atoms with Gasteiger partial charge in [-0.05, 0) is 37.9 Å². The number of nitro benzene ring substituents is 1. The van der Waals surface area contributed by atoms with E-state index in [1.165, 1.54) is 18.3 Å². The number of benzene rings is 1. The zero-order chi connectivity index (χ0) is 19.2. The van der Waals surface area contributed by atoms with E-state index >= 15 is 0 Å². The molecule has 1 aromatic heterocycles. The maximum atomic E-state index is 12.7. The number of nitro groups is 1. The minimum Gasteiger partial charge on any atom is -0.378 e. The topological polar surface area (TPSA) is 117 Å². The van der Waals surface area contributed by atoms with Gasteiger partial charge in [-0.15, -0.1) is 12.4 Å². The van der Waals surface area contributed by atoms with Crippen molar-refractivity contribution in [3.63, 3.8) is 0 Å². The number of hydrogen-bond donors (Lipinski definition) is 1. The van der Waals surface area contributed by atoms with Crippen LogP contribution in [0.1, 0.15) is 29.6 Å². The summed E-state index contributed by atoms with van der Waals surface area (Å²) in [6, 6.07) is 6.02. The van der Waals surface area contributed by atoms with Crippen LogP contribution in [0.5, 0.6) is 0 Å². The SMILES string of the molecule is Cl.NCCCOC1CCN(C(=O)c2cnn(-c3ccc([N+](=O)[O-])cc3)c2)CC1. The van der Waals surface area contributed by atoms with Crippen molar-refractivity contribution in [2.45, 2.75) is 25.4 Å². The first-order chi connectivity index (χ1) is 13.1. The molecule has 1 fully saturated rings. The lowest BCUT2D eigenvalue weighted by molar-refractivity contribution is -0.384. The summed E-state index contributed by atoms with van der Waals surface area (Å²) in [4.78, 5) is 24.8. The highest BCUT2D eigenvalue weighted by Gasteiger charge is 2.24. The fraction of sp³-hybridized carbons (Fsp3) is 0.444. The van der Waals surface area contributed by atoms with Crippen LogP contribution in [0.3, 0.4) is 0 Å². The number of nitrogens with zero attached hydrogens (tertiary/aromatic N) is 4. The van der Waals surface area contributed by atoms with Crippen molar-refractivity contribution in [3.05, 3.63) is 52.3 Å². The van der Waals surface area contributed by atoms with Crippen molar-refractivity contribution in [1.82, 2.24) is 14.7 Å². The van der Waals surface area contributed by atoms with Crippen LogP contribution < -0.4 is 5.73 Å². The summed E-state index contributed by atoms with van der Waals surface area (Å²) < 4.78 is 7.30. The van der Waals surface area contributed by atoms with E-state index in [2.05, 4.69) is 5.10 Å². The van der Waals surface area contributed by atoms with E-state index in [0.717, 1.165) is 19.3 Å². The van der Waals surface area contributed by atoms with Gasteiger partial charge < -0.3 is 15.4 Å². The number of carbonyl (C=O) groups excluding carboxylic acids is 1. The minimum absolute atomic E-state index is 0. The first kappa shape index (κ1) is 21.8. The second kappa shape index (κ2) is 10.2. The van der Waals surface area contributed by atoms with E-state index in [4.69, 9.17) is 10.5 Å². The van der Waals surface area contributed by atoms with E-state index in [0.29, 0.717) is 37.5 Å². The molecule has 2 heterocycles.